The van der Waals surface area contributed by atoms with Crippen molar-refractivity contribution in [2.45, 2.75) is 44.6 Å². The van der Waals surface area contributed by atoms with Crippen LogP contribution in [-0.2, 0) is 0 Å². The summed E-state index contributed by atoms with van der Waals surface area (Å²) in [6.45, 7) is 9.80. The highest BCUT2D eigenvalue weighted by molar-refractivity contribution is 8.00. The predicted molar refractivity (Wildman–Crippen MR) is 55.0 cm³/mol. The van der Waals surface area contributed by atoms with E-state index in [4.69, 9.17) is 5.73 Å². The summed E-state index contributed by atoms with van der Waals surface area (Å²) in [5, 5.41) is 1.36. The molecule has 0 aliphatic heterocycles. The zero-order valence-electron chi connectivity index (χ0n) is 8.13. The van der Waals surface area contributed by atoms with Gasteiger partial charge >= 0.3 is 0 Å². The summed E-state index contributed by atoms with van der Waals surface area (Å²) in [7, 11) is 0. The quantitative estimate of drug-likeness (QED) is 0.695. The number of nitrogens with two attached hydrogens (primary N) is 1. The molecule has 68 valence electrons. The Kier molecular flexibility index (Phi) is 6.06. The third kappa shape index (κ3) is 4.70. The van der Waals surface area contributed by atoms with Crippen LogP contribution in [0.1, 0.15) is 34.1 Å². The van der Waals surface area contributed by atoms with Crippen molar-refractivity contribution in [2.75, 3.05) is 6.54 Å². The number of thioether (sulfide) groups is 1. The predicted octanol–water partition coefficient (Wildman–Crippen LogP) is 2.50. The van der Waals surface area contributed by atoms with Gasteiger partial charge in [0.1, 0.15) is 0 Å². The molecule has 0 heterocycles. The third-order valence-corrected chi connectivity index (χ3v) is 3.51. The summed E-state index contributed by atoms with van der Waals surface area (Å²) < 4.78 is 0. The fourth-order valence-electron chi connectivity index (χ4n) is 1.03. The van der Waals surface area contributed by atoms with E-state index in [1.807, 2.05) is 11.8 Å². The van der Waals surface area contributed by atoms with E-state index in [1.54, 1.807) is 0 Å². The fraction of sp³-hybridized carbons (Fsp3) is 1.00. The molecule has 0 spiro atoms. The van der Waals surface area contributed by atoms with E-state index >= 15 is 0 Å². The van der Waals surface area contributed by atoms with Gasteiger partial charge in [-0.05, 0) is 11.2 Å². The van der Waals surface area contributed by atoms with E-state index in [0.29, 0.717) is 10.5 Å². The first kappa shape index (κ1) is 11.3. The van der Waals surface area contributed by atoms with Gasteiger partial charge in [-0.3, -0.25) is 0 Å². The molecule has 0 radical (unpaired) electrons. The third-order valence-electron chi connectivity index (χ3n) is 1.96. The van der Waals surface area contributed by atoms with Crippen LogP contribution in [0.2, 0.25) is 0 Å². The zero-order chi connectivity index (χ0) is 8.85. The molecule has 0 fully saturated rings. The first-order valence-corrected chi connectivity index (χ1v) is 5.41. The second kappa shape index (κ2) is 5.90. The first-order chi connectivity index (χ1) is 5.11. The van der Waals surface area contributed by atoms with Crippen LogP contribution >= 0.6 is 11.8 Å². The van der Waals surface area contributed by atoms with Crippen molar-refractivity contribution in [3.8, 4) is 0 Å². The monoisotopic (exact) mass is 175 g/mol. The Morgan fingerprint density at radius 2 is 1.82 bits per heavy atom. The molecule has 0 aromatic carbocycles. The summed E-state index contributed by atoms with van der Waals surface area (Å²) in [6, 6.07) is 0. The number of rotatable bonds is 5. The van der Waals surface area contributed by atoms with Gasteiger partial charge in [0.25, 0.3) is 0 Å². The molecule has 0 amide bonds. The van der Waals surface area contributed by atoms with Crippen LogP contribution in [0.4, 0.5) is 0 Å². The van der Waals surface area contributed by atoms with Crippen LogP contribution in [0.3, 0.4) is 0 Å². The Morgan fingerprint density at radius 1 is 1.27 bits per heavy atom. The summed E-state index contributed by atoms with van der Waals surface area (Å²) >= 11 is 2.01. The van der Waals surface area contributed by atoms with Crippen LogP contribution in [0.15, 0.2) is 0 Å². The molecule has 0 aromatic rings. The lowest BCUT2D eigenvalue weighted by atomic mass is 10.1. The maximum atomic E-state index is 5.68. The molecule has 0 saturated heterocycles. The van der Waals surface area contributed by atoms with E-state index in [1.165, 1.54) is 6.42 Å². The molecular formula is C9H21NS. The van der Waals surface area contributed by atoms with Crippen LogP contribution in [-0.4, -0.2) is 17.0 Å². The lowest BCUT2D eigenvalue weighted by Crippen LogP contribution is -2.25. The van der Waals surface area contributed by atoms with E-state index in [2.05, 4.69) is 27.7 Å². The largest absolute Gasteiger partial charge is 0.329 e. The van der Waals surface area contributed by atoms with Crippen molar-refractivity contribution in [3.63, 3.8) is 0 Å². The molecule has 2 N–H and O–H groups in total. The van der Waals surface area contributed by atoms with Crippen molar-refractivity contribution >= 4 is 11.8 Å². The van der Waals surface area contributed by atoms with E-state index in [9.17, 15) is 0 Å². The zero-order valence-corrected chi connectivity index (χ0v) is 8.95. The lowest BCUT2D eigenvalue weighted by Gasteiger charge is -2.22. The standard InChI is InChI=1S/C9H21NS/c1-5-8(4)9(6-10)11-7(2)3/h7-9H,5-6,10H2,1-4H3. The highest BCUT2D eigenvalue weighted by Crippen LogP contribution is 2.24. The molecule has 11 heavy (non-hydrogen) atoms. The van der Waals surface area contributed by atoms with Gasteiger partial charge < -0.3 is 5.73 Å². The molecule has 0 aliphatic rings. The highest BCUT2D eigenvalue weighted by Gasteiger charge is 2.15. The Morgan fingerprint density at radius 3 is 2.09 bits per heavy atom. The van der Waals surface area contributed by atoms with Gasteiger partial charge in [-0.15, -0.1) is 0 Å². The normalized spacial score (nSPS) is 16.9. The van der Waals surface area contributed by atoms with Crippen molar-refractivity contribution in [3.05, 3.63) is 0 Å². The van der Waals surface area contributed by atoms with Gasteiger partial charge in [0.05, 0.1) is 0 Å². The first-order valence-electron chi connectivity index (χ1n) is 4.47. The summed E-state index contributed by atoms with van der Waals surface area (Å²) in [4.78, 5) is 0. The van der Waals surface area contributed by atoms with Gasteiger partial charge in [0.15, 0.2) is 0 Å². The minimum atomic E-state index is 0.653. The minimum Gasteiger partial charge on any atom is -0.329 e. The van der Waals surface area contributed by atoms with E-state index < -0.39 is 0 Å². The molecule has 0 rings (SSSR count). The van der Waals surface area contributed by atoms with Gasteiger partial charge in [0, 0.05) is 11.8 Å². The highest BCUT2D eigenvalue weighted by atomic mass is 32.2. The minimum absolute atomic E-state index is 0.653. The maximum Gasteiger partial charge on any atom is 0.0198 e. The average Bonchev–Trinajstić information content (AvgIpc) is 1.98. The maximum absolute atomic E-state index is 5.68. The Hall–Kier alpha value is 0.310. The van der Waals surface area contributed by atoms with E-state index in [0.717, 1.165) is 12.5 Å². The second-order valence-corrected chi connectivity index (χ2v) is 5.16. The molecule has 2 heteroatoms. The number of hydrogen-bond donors (Lipinski definition) is 1. The second-order valence-electron chi connectivity index (χ2n) is 3.34. The van der Waals surface area contributed by atoms with Crippen LogP contribution < -0.4 is 5.73 Å². The van der Waals surface area contributed by atoms with Crippen molar-refractivity contribution < 1.29 is 0 Å². The lowest BCUT2D eigenvalue weighted by molar-refractivity contribution is 0.537. The number of hydrogen-bond acceptors (Lipinski definition) is 2. The fourth-order valence-corrected chi connectivity index (χ4v) is 2.31. The average molecular weight is 175 g/mol. The summed E-state index contributed by atoms with van der Waals surface area (Å²) in [6.07, 6.45) is 1.24. The molecule has 0 bridgehead atoms. The van der Waals surface area contributed by atoms with Gasteiger partial charge in [0.2, 0.25) is 0 Å². The van der Waals surface area contributed by atoms with Crippen molar-refractivity contribution in [2.24, 2.45) is 11.7 Å². The topological polar surface area (TPSA) is 26.0 Å². The van der Waals surface area contributed by atoms with Gasteiger partial charge in [-0.2, -0.15) is 11.8 Å². The summed E-state index contributed by atoms with van der Waals surface area (Å²) in [5.74, 6) is 0.757. The Labute approximate surface area is 75.1 Å². The van der Waals surface area contributed by atoms with Gasteiger partial charge in [-0.1, -0.05) is 34.1 Å². The Bertz CT molecular complexity index is 93.6. The molecular weight excluding hydrogens is 154 g/mol. The van der Waals surface area contributed by atoms with Crippen molar-refractivity contribution in [1.29, 1.82) is 0 Å². The Balaban J connectivity index is 3.74. The van der Waals surface area contributed by atoms with E-state index in [-0.39, 0.29) is 0 Å². The van der Waals surface area contributed by atoms with Gasteiger partial charge in [-0.25, -0.2) is 0 Å². The van der Waals surface area contributed by atoms with Crippen LogP contribution in [0.25, 0.3) is 0 Å². The van der Waals surface area contributed by atoms with Crippen LogP contribution in [0.5, 0.6) is 0 Å². The van der Waals surface area contributed by atoms with Crippen molar-refractivity contribution in [1.82, 2.24) is 0 Å². The molecule has 0 aliphatic carbocycles. The van der Waals surface area contributed by atoms with Crippen LogP contribution in [0, 0.1) is 5.92 Å². The molecule has 2 unspecified atom stereocenters. The molecule has 1 nitrogen and oxygen atoms in total. The smallest absolute Gasteiger partial charge is 0.0198 e. The molecule has 0 aromatic heterocycles. The summed E-state index contributed by atoms with van der Waals surface area (Å²) in [5.41, 5.74) is 5.68. The molecule has 0 saturated carbocycles. The molecule has 2 atom stereocenters. The SMILES string of the molecule is CCC(C)C(CN)SC(C)C.